The number of esters is 2. The fourth-order valence-electron chi connectivity index (χ4n) is 1.95. The van der Waals surface area contributed by atoms with Crippen molar-refractivity contribution in [1.82, 2.24) is 15.1 Å². The quantitative estimate of drug-likeness (QED) is 0.224. The van der Waals surface area contributed by atoms with Gasteiger partial charge < -0.3 is 20.3 Å². The lowest BCUT2D eigenvalue weighted by atomic mass is 10.3. The zero-order valence-electron chi connectivity index (χ0n) is 12.0. The van der Waals surface area contributed by atoms with Gasteiger partial charge in [-0.05, 0) is 0 Å². The SMILES string of the molecule is O=C(O)CNCCN(CCN1CC(=O)OC(=O)C1)CC(=O)O. The average molecular weight is 317 g/mol. The standard InChI is InChI=1S/C12H19N3O7/c16-9(17)5-13-1-2-14(6-10(18)19)3-4-15-7-11(20)22-12(21)8-15/h13H,1-8H2,(H,16,17)(H,18,19). The van der Waals surface area contributed by atoms with Gasteiger partial charge in [0.25, 0.3) is 0 Å². The number of aliphatic carboxylic acids is 2. The molecule has 0 aromatic heterocycles. The molecule has 0 amide bonds. The number of nitrogens with zero attached hydrogens (tertiary/aromatic N) is 2. The van der Waals surface area contributed by atoms with E-state index in [2.05, 4.69) is 10.1 Å². The van der Waals surface area contributed by atoms with Crippen LogP contribution in [0.1, 0.15) is 0 Å². The Labute approximate surface area is 126 Å². The molecule has 124 valence electrons. The number of cyclic esters (lactones) is 2. The topological polar surface area (TPSA) is 136 Å². The first-order valence-electron chi connectivity index (χ1n) is 6.69. The maximum atomic E-state index is 11.1. The van der Waals surface area contributed by atoms with Crippen LogP contribution >= 0.6 is 0 Å². The third kappa shape index (κ3) is 7.67. The van der Waals surface area contributed by atoms with E-state index in [9.17, 15) is 19.2 Å². The summed E-state index contributed by atoms with van der Waals surface area (Å²) >= 11 is 0. The number of nitrogens with one attached hydrogen (secondary N) is 1. The predicted molar refractivity (Wildman–Crippen MR) is 72.1 cm³/mol. The molecule has 1 aliphatic rings. The van der Waals surface area contributed by atoms with Crippen LogP contribution in [0.2, 0.25) is 0 Å². The lowest BCUT2D eigenvalue weighted by Crippen LogP contribution is -2.47. The van der Waals surface area contributed by atoms with Crippen LogP contribution in [0.25, 0.3) is 0 Å². The molecule has 22 heavy (non-hydrogen) atoms. The van der Waals surface area contributed by atoms with Crippen LogP contribution in [0.4, 0.5) is 0 Å². The van der Waals surface area contributed by atoms with Gasteiger partial charge in [0, 0.05) is 26.2 Å². The molecule has 0 saturated carbocycles. The van der Waals surface area contributed by atoms with Crippen molar-refractivity contribution in [3.05, 3.63) is 0 Å². The van der Waals surface area contributed by atoms with Gasteiger partial charge in [-0.15, -0.1) is 0 Å². The molecule has 1 aliphatic heterocycles. The monoisotopic (exact) mass is 317 g/mol. The molecule has 1 saturated heterocycles. The number of hydrogen-bond donors (Lipinski definition) is 3. The van der Waals surface area contributed by atoms with Crippen LogP contribution in [-0.2, 0) is 23.9 Å². The first-order valence-corrected chi connectivity index (χ1v) is 6.69. The summed E-state index contributed by atoms with van der Waals surface area (Å²) in [6.07, 6.45) is 0. The van der Waals surface area contributed by atoms with Gasteiger partial charge in [-0.3, -0.25) is 29.0 Å². The largest absolute Gasteiger partial charge is 0.480 e. The van der Waals surface area contributed by atoms with Gasteiger partial charge in [-0.2, -0.15) is 0 Å². The summed E-state index contributed by atoms with van der Waals surface area (Å²) in [5, 5.41) is 20.0. The molecule has 1 heterocycles. The summed E-state index contributed by atoms with van der Waals surface area (Å²) in [5.41, 5.74) is 0. The smallest absolute Gasteiger partial charge is 0.327 e. The van der Waals surface area contributed by atoms with Gasteiger partial charge in [0.05, 0.1) is 26.2 Å². The lowest BCUT2D eigenvalue weighted by Gasteiger charge is -2.27. The van der Waals surface area contributed by atoms with Crippen LogP contribution in [0, 0.1) is 0 Å². The molecular weight excluding hydrogens is 298 g/mol. The molecule has 0 atom stereocenters. The second-order valence-corrected chi connectivity index (χ2v) is 4.80. The lowest BCUT2D eigenvalue weighted by molar-refractivity contribution is -0.167. The number of carbonyl (C=O) groups is 4. The van der Waals surface area contributed by atoms with Crippen LogP contribution in [0.3, 0.4) is 0 Å². The highest BCUT2D eigenvalue weighted by Gasteiger charge is 2.25. The van der Waals surface area contributed by atoms with Gasteiger partial charge in [0.15, 0.2) is 0 Å². The fourth-order valence-corrected chi connectivity index (χ4v) is 1.95. The summed E-state index contributed by atoms with van der Waals surface area (Å²) in [4.78, 5) is 46.6. The van der Waals surface area contributed by atoms with Crippen molar-refractivity contribution in [2.24, 2.45) is 0 Å². The summed E-state index contributed by atoms with van der Waals surface area (Å²) in [5.74, 6) is -3.24. The van der Waals surface area contributed by atoms with Crippen molar-refractivity contribution in [2.45, 2.75) is 0 Å². The molecule has 0 bridgehead atoms. The van der Waals surface area contributed by atoms with Gasteiger partial charge in [-0.1, -0.05) is 0 Å². The van der Waals surface area contributed by atoms with Gasteiger partial charge >= 0.3 is 23.9 Å². The van der Waals surface area contributed by atoms with Gasteiger partial charge in [0.2, 0.25) is 0 Å². The molecule has 1 rings (SSSR count). The molecule has 0 aliphatic carbocycles. The first kappa shape index (κ1) is 18.0. The Hall–Kier alpha value is -2.04. The van der Waals surface area contributed by atoms with Crippen molar-refractivity contribution in [2.75, 3.05) is 52.4 Å². The zero-order chi connectivity index (χ0) is 16.5. The first-order chi connectivity index (χ1) is 10.4. The molecule has 0 unspecified atom stereocenters. The molecule has 10 heteroatoms. The normalized spacial score (nSPS) is 15.9. The van der Waals surface area contributed by atoms with E-state index in [1.807, 2.05) is 0 Å². The van der Waals surface area contributed by atoms with Crippen molar-refractivity contribution in [3.8, 4) is 0 Å². The predicted octanol–water partition coefficient (Wildman–Crippen LogP) is -2.57. The second kappa shape index (κ2) is 9.07. The maximum Gasteiger partial charge on any atom is 0.327 e. The molecule has 0 aromatic carbocycles. The Balaban J connectivity index is 2.36. The van der Waals surface area contributed by atoms with E-state index in [0.717, 1.165) is 0 Å². The number of ether oxygens (including phenoxy) is 1. The van der Waals surface area contributed by atoms with Crippen molar-refractivity contribution >= 4 is 23.9 Å². The van der Waals surface area contributed by atoms with E-state index in [1.165, 1.54) is 0 Å². The number of rotatable bonds is 10. The van der Waals surface area contributed by atoms with Crippen LogP contribution in [-0.4, -0.2) is 96.2 Å². The summed E-state index contributed by atoms with van der Waals surface area (Å²) in [7, 11) is 0. The van der Waals surface area contributed by atoms with Crippen molar-refractivity contribution in [3.63, 3.8) is 0 Å². The molecule has 1 fully saturated rings. The summed E-state index contributed by atoms with van der Waals surface area (Å²) in [6, 6.07) is 0. The van der Waals surface area contributed by atoms with E-state index < -0.39 is 23.9 Å². The average Bonchev–Trinajstić information content (AvgIpc) is 2.38. The highest BCUT2D eigenvalue weighted by atomic mass is 16.6. The van der Waals surface area contributed by atoms with Crippen molar-refractivity contribution in [1.29, 1.82) is 0 Å². The minimum Gasteiger partial charge on any atom is -0.480 e. The molecule has 0 spiro atoms. The third-order valence-corrected chi connectivity index (χ3v) is 2.91. The van der Waals surface area contributed by atoms with Crippen LogP contribution in [0.5, 0.6) is 0 Å². The van der Waals surface area contributed by atoms with Gasteiger partial charge in [-0.25, -0.2) is 0 Å². The van der Waals surface area contributed by atoms with E-state index >= 15 is 0 Å². The maximum absolute atomic E-state index is 11.1. The Morgan fingerprint density at radius 3 is 2.32 bits per heavy atom. The molecular formula is C12H19N3O7. The van der Waals surface area contributed by atoms with Crippen LogP contribution < -0.4 is 5.32 Å². The Bertz CT molecular complexity index is 424. The number of hydrogen-bond acceptors (Lipinski definition) is 8. The van der Waals surface area contributed by atoms with Gasteiger partial charge in [0.1, 0.15) is 0 Å². The molecule has 10 nitrogen and oxygen atoms in total. The molecule has 0 radical (unpaired) electrons. The van der Waals surface area contributed by atoms with E-state index in [-0.39, 0.29) is 26.2 Å². The third-order valence-electron chi connectivity index (χ3n) is 2.91. The summed E-state index contributed by atoms with van der Waals surface area (Å²) < 4.78 is 4.40. The number of morpholine rings is 1. The highest BCUT2D eigenvalue weighted by Crippen LogP contribution is 2.00. The Morgan fingerprint density at radius 2 is 1.77 bits per heavy atom. The number of carboxylic acid groups (broad SMARTS) is 2. The molecule has 0 aromatic rings. The highest BCUT2D eigenvalue weighted by molar-refractivity contribution is 5.90. The molecule has 3 N–H and O–H groups in total. The second-order valence-electron chi connectivity index (χ2n) is 4.80. The van der Waals surface area contributed by atoms with E-state index in [0.29, 0.717) is 26.2 Å². The van der Waals surface area contributed by atoms with E-state index in [4.69, 9.17) is 10.2 Å². The van der Waals surface area contributed by atoms with Crippen molar-refractivity contribution < 1.29 is 34.1 Å². The Morgan fingerprint density at radius 1 is 1.14 bits per heavy atom. The minimum absolute atomic E-state index is 0.0100. The summed E-state index contributed by atoms with van der Waals surface area (Å²) in [6.45, 7) is 0.906. The number of carboxylic acids is 2. The zero-order valence-corrected chi connectivity index (χ0v) is 12.0. The van der Waals surface area contributed by atoms with E-state index in [1.54, 1.807) is 9.80 Å². The minimum atomic E-state index is -1.01. The van der Waals surface area contributed by atoms with Crippen LogP contribution in [0.15, 0.2) is 0 Å². The fraction of sp³-hybridized carbons (Fsp3) is 0.667. The number of carbonyl (C=O) groups excluding carboxylic acids is 2. The Kier molecular flexibility index (Phi) is 7.43.